The second kappa shape index (κ2) is 27.5. The Morgan fingerprint density at radius 3 is 2.06 bits per heavy atom. The van der Waals surface area contributed by atoms with Crippen molar-refractivity contribution < 1.29 is 28.2 Å². The maximum absolute atomic E-state index is 12.5. The Morgan fingerprint density at radius 1 is 0.923 bits per heavy atom. The maximum Gasteiger partial charge on any atom is 0.329 e. The van der Waals surface area contributed by atoms with Crippen LogP contribution in [-0.2, 0) is 26.8 Å². The molecule has 0 spiro atoms. The van der Waals surface area contributed by atoms with Crippen LogP contribution in [0.2, 0.25) is 0 Å². The van der Waals surface area contributed by atoms with E-state index in [4.69, 9.17) is 29.9 Å². The van der Waals surface area contributed by atoms with Gasteiger partial charge < -0.3 is 34.9 Å². The van der Waals surface area contributed by atoms with Gasteiger partial charge in [0.15, 0.2) is 5.60 Å². The number of hydrogen-bond donors (Lipinski definition) is 4. The van der Waals surface area contributed by atoms with Gasteiger partial charge in [-0.05, 0) is 55.2 Å². The Kier molecular flexibility index (Phi) is 23.8. The van der Waals surface area contributed by atoms with Crippen LogP contribution in [0.5, 0.6) is 0 Å². The van der Waals surface area contributed by atoms with Gasteiger partial charge in [0.05, 0.1) is 31.5 Å². The Balaban J connectivity index is 0.000000722. The molecule has 0 saturated carbocycles. The van der Waals surface area contributed by atoms with E-state index in [0.29, 0.717) is 37.5 Å². The van der Waals surface area contributed by atoms with Crippen molar-refractivity contribution in [2.45, 2.75) is 141 Å². The lowest BCUT2D eigenvalue weighted by Gasteiger charge is -2.26. The fourth-order valence-electron chi connectivity index (χ4n) is 6.00. The summed E-state index contributed by atoms with van der Waals surface area (Å²) in [6.45, 7) is 2.83. The van der Waals surface area contributed by atoms with E-state index in [1.54, 1.807) is 6.07 Å². The van der Waals surface area contributed by atoms with Crippen molar-refractivity contribution in [2.24, 2.45) is 10.7 Å². The van der Waals surface area contributed by atoms with E-state index in [-0.39, 0.29) is 18.8 Å². The number of benzene rings is 1. The predicted octanol–water partition coefficient (Wildman–Crippen LogP) is 8.64. The van der Waals surface area contributed by atoms with Crippen molar-refractivity contribution in [2.75, 3.05) is 32.4 Å². The molecular weight excluding hydrogens is 682 g/mol. The number of nitrogens with zero attached hydrogens (tertiary/aromatic N) is 4. The van der Waals surface area contributed by atoms with Gasteiger partial charge in [0.2, 0.25) is 0 Å². The number of aliphatic hydroxyl groups excluding tert-OH is 1. The van der Waals surface area contributed by atoms with Crippen molar-refractivity contribution in [1.29, 1.82) is 10.5 Å². The van der Waals surface area contributed by atoms with Crippen LogP contribution in [0.15, 0.2) is 35.3 Å². The van der Waals surface area contributed by atoms with Gasteiger partial charge in [0.25, 0.3) is 0 Å². The largest absolute Gasteiger partial charge is 0.392 e. The van der Waals surface area contributed by atoms with Gasteiger partial charge in [-0.1, -0.05) is 110 Å². The van der Waals surface area contributed by atoms with Gasteiger partial charge in [-0.25, -0.2) is 9.38 Å². The number of aromatic nitrogens is 1. The minimum atomic E-state index is -2.05. The number of methoxy groups -OCH3 is 1. The zero-order valence-electron chi connectivity index (χ0n) is 31.5. The Bertz CT molecular complexity index is 1380. The van der Waals surface area contributed by atoms with Crippen molar-refractivity contribution in [3.63, 3.8) is 0 Å². The molecule has 1 aliphatic rings. The van der Waals surface area contributed by atoms with E-state index in [9.17, 15) is 14.5 Å². The zero-order valence-corrected chi connectivity index (χ0v) is 32.4. The van der Waals surface area contributed by atoms with Crippen LogP contribution in [0, 0.1) is 28.5 Å². The predicted molar refractivity (Wildman–Crippen MR) is 205 cm³/mol. The van der Waals surface area contributed by atoms with Crippen LogP contribution in [0.25, 0.3) is 0 Å². The minimum absolute atomic E-state index is 0.0636. The number of amidine groups is 1. The summed E-state index contributed by atoms with van der Waals surface area (Å²) in [5.41, 5.74) is 10.4. The molecule has 11 nitrogen and oxygen atoms in total. The summed E-state index contributed by atoms with van der Waals surface area (Å²) >= 11 is 0. The fraction of sp³-hybridized carbons (Fsp3) is 0.667. The highest BCUT2D eigenvalue weighted by atomic mass is 31.2. The minimum Gasteiger partial charge on any atom is -0.392 e. The average Bonchev–Trinajstić information content (AvgIpc) is 3.59. The lowest BCUT2D eigenvalue weighted by Crippen LogP contribution is -2.36. The van der Waals surface area contributed by atoms with E-state index in [0.717, 1.165) is 30.3 Å². The number of nitrogens with two attached hydrogens (primary N) is 1. The summed E-state index contributed by atoms with van der Waals surface area (Å²) in [6.07, 6.45) is 23.5. The molecule has 13 heteroatoms. The van der Waals surface area contributed by atoms with Gasteiger partial charge in [-0.2, -0.15) is 10.5 Å². The van der Waals surface area contributed by atoms with Gasteiger partial charge in [0.1, 0.15) is 30.1 Å². The van der Waals surface area contributed by atoms with Crippen LogP contribution >= 0.6 is 8.60 Å². The number of nitriles is 2. The number of ether oxygens (including phenoxy) is 1. The number of nitrogens with one attached hydrogen (secondary N) is 1. The Labute approximate surface area is 312 Å². The van der Waals surface area contributed by atoms with Crippen LogP contribution < -0.4 is 11.2 Å². The monoisotopic (exact) mass is 744 g/mol. The zero-order chi connectivity index (χ0) is 37.9. The third-order valence-corrected chi connectivity index (χ3v) is 9.96. The van der Waals surface area contributed by atoms with E-state index in [1.165, 1.54) is 116 Å². The second-order valence-electron chi connectivity index (χ2n) is 13.3. The standard InChI is InChI=1S/C31H56N5O4P.C8H6FNO/c1-3-4-5-6-7-8-9-10-11-12-13-14-15-16-17-18-19-24-39-41(37)40-26-31(25-32,38-2)23-22-28-20-21-29-30(33)34-27-35-36(28)29;9-8-2-6(4-10)1-7(3-8)5-11/h20-21,35,37H,3-19,22-24,26-27H2,1-2H3,(H2,33,34);1-3,11H,5H2. The van der Waals surface area contributed by atoms with Crippen molar-refractivity contribution in [3.8, 4) is 12.1 Å². The van der Waals surface area contributed by atoms with Crippen LogP contribution in [0.4, 0.5) is 4.39 Å². The molecular formula is C39H62FN6O5P. The molecule has 0 fully saturated rings. The fourth-order valence-corrected chi connectivity index (χ4v) is 6.68. The Morgan fingerprint density at radius 2 is 1.52 bits per heavy atom. The number of aryl methyl sites for hydroxylation is 1. The molecule has 2 atom stereocenters. The molecule has 290 valence electrons. The summed E-state index contributed by atoms with van der Waals surface area (Å²) in [4.78, 5) is 14.4. The van der Waals surface area contributed by atoms with Gasteiger partial charge in [-0.15, -0.1) is 0 Å². The topological polar surface area (TPSA) is 171 Å². The molecule has 0 saturated heterocycles. The summed E-state index contributed by atoms with van der Waals surface area (Å²) in [6, 6.07) is 11.6. The number of hydrogen-bond acceptors (Lipinski definition) is 10. The van der Waals surface area contributed by atoms with E-state index >= 15 is 0 Å². The maximum atomic E-state index is 12.5. The third-order valence-electron chi connectivity index (χ3n) is 9.21. The van der Waals surface area contributed by atoms with Gasteiger partial charge in [0, 0.05) is 12.8 Å². The summed E-state index contributed by atoms with van der Waals surface area (Å²) in [5, 5.41) is 26.8. The van der Waals surface area contributed by atoms with Gasteiger partial charge >= 0.3 is 8.60 Å². The molecule has 2 heterocycles. The smallest absolute Gasteiger partial charge is 0.329 e. The first-order valence-corrected chi connectivity index (χ1v) is 20.2. The molecule has 5 N–H and O–H groups in total. The number of aliphatic imine (C=N–C) groups is 1. The van der Waals surface area contributed by atoms with Crippen molar-refractivity contribution >= 4 is 14.4 Å². The number of aliphatic hydroxyl groups is 1. The molecule has 0 amide bonds. The average molecular weight is 745 g/mol. The summed E-state index contributed by atoms with van der Waals surface area (Å²) in [7, 11) is -0.564. The molecule has 3 rings (SSSR count). The van der Waals surface area contributed by atoms with E-state index in [1.807, 2.05) is 16.8 Å². The van der Waals surface area contributed by atoms with Crippen LogP contribution in [-0.4, -0.2) is 53.1 Å². The van der Waals surface area contributed by atoms with Crippen molar-refractivity contribution in [3.05, 3.63) is 58.7 Å². The highest BCUT2D eigenvalue weighted by molar-refractivity contribution is 7.40. The molecule has 0 radical (unpaired) electrons. The quantitative estimate of drug-likeness (QED) is 0.0516. The molecule has 1 aliphatic heterocycles. The lowest BCUT2D eigenvalue weighted by molar-refractivity contribution is -0.0108. The molecule has 1 aromatic heterocycles. The molecule has 52 heavy (non-hydrogen) atoms. The SMILES string of the molecule is CCCCCCCCCCCCCCCCCCCOP(O)OCC(C#N)(CCc1ccc2n1NCN=C2N)OC.N#Cc1cc(F)cc(CO)c1. The number of unbranched alkanes of at least 4 members (excludes halogenated alkanes) is 16. The number of halogens is 1. The molecule has 2 aromatic rings. The summed E-state index contributed by atoms with van der Waals surface area (Å²) in [5.74, 6) is -0.00706. The number of rotatable bonds is 27. The normalized spacial score (nSPS) is 13.8. The van der Waals surface area contributed by atoms with Crippen LogP contribution in [0.1, 0.15) is 145 Å². The molecule has 0 bridgehead atoms. The number of fused-ring (bicyclic) bond motifs is 1. The Hall–Kier alpha value is -3.09. The van der Waals surface area contributed by atoms with E-state index in [2.05, 4.69) is 23.4 Å². The summed E-state index contributed by atoms with van der Waals surface area (Å²) < 4.78 is 30.9. The lowest BCUT2D eigenvalue weighted by atomic mass is 9.99. The second-order valence-corrected chi connectivity index (χ2v) is 14.3. The highest BCUT2D eigenvalue weighted by Gasteiger charge is 2.32. The highest BCUT2D eigenvalue weighted by Crippen LogP contribution is 2.35. The van der Waals surface area contributed by atoms with Crippen molar-refractivity contribution in [1.82, 2.24) is 4.68 Å². The third kappa shape index (κ3) is 18.1. The first kappa shape index (κ1) is 45.1. The van der Waals surface area contributed by atoms with E-state index < -0.39 is 20.0 Å². The first-order valence-electron chi connectivity index (χ1n) is 19.1. The molecule has 1 aromatic carbocycles. The van der Waals surface area contributed by atoms with Crippen LogP contribution in [0.3, 0.4) is 0 Å². The van der Waals surface area contributed by atoms with Gasteiger partial charge in [-0.3, -0.25) is 4.68 Å². The first-order chi connectivity index (χ1) is 25.3. The molecule has 2 unspecified atom stereocenters. The molecule has 0 aliphatic carbocycles.